The molecule has 0 bridgehead atoms. The average molecular weight is 472 g/mol. The number of para-hydroxylation sites is 1. The number of carbonyl (C=O) groups excluding carboxylic acids is 2. The zero-order valence-electron chi connectivity index (χ0n) is 18.8. The number of benzene rings is 2. The van der Waals surface area contributed by atoms with Gasteiger partial charge in [0, 0.05) is 24.7 Å². The van der Waals surface area contributed by atoms with Crippen LogP contribution in [0.2, 0.25) is 0 Å². The van der Waals surface area contributed by atoms with Crippen LogP contribution in [0.1, 0.15) is 38.7 Å². The summed E-state index contributed by atoms with van der Waals surface area (Å²) in [6, 6.07) is 12.2. The van der Waals surface area contributed by atoms with Crippen LogP contribution < -0.4 is 15.4 Å². The van der Waals surface area contributed by atoms with Crippen molar-refractivity contribution in [3.63, 3.8) is 0 Å². The Morgan fingerprint density at radius 2 is 1.88 bits per heavy atom. The number of nitrogens with one attached hydrogen (secondary N) is 2. The monoisotopic (exact) mass is 471 g/mol. The number of sulfonamides is 1. The van der Waals surface area contributed by atoms with Crippen molar-refractivity contribution >= 4 is 33.2 Å². The number of amides is 2. The topological polar surface area (TPSA) is 105 Å². The number of nitrogens with zero attached hydrogens (tertiary/aromatic N) is 1. The fourth-order valence-corrected chi connectivity index (χ4v) is 5.75. The van der Waals surface area contributed by atoms with E-state index in [4.69, 9.17) is 4.74 Å². The normalized spacial score (nSPS) is 19.3. The molecule has 2 aromatic carbocycles. The first-order valence-corrected chi connectivity index (χ1v) is 12.8. The lowest BCUT2D eigenvalue weighted by atomic mass is 9.97. The first-order valence-electron chi connectivity index (χ1n) is 11.3. The molecule has 0 aliphatic carbocycles. The number of fused-ring (bicyclic) bond motifs is 1. The Labute approximate surface area is 194 Å². The van der Waals surface area contributed by atoms with Crippen LogP contribution in [0.5, 0.6) is 5.75 Å². The molecule has 33 heavy (non-hydrogen) atoms. The van der Waals surface area contributed by atoms with Gasteiger partial charge in [0.2, 0.25) is 15.9 Å². The number of hydrogen-bond donors (Lipinski definition) is 2. The van der Waals surface area contributed by atoms with Crippen molar-refractivity contribution in [2.75, 3.05) is 23.7 Å². The lowest BCUT2D eigenvalue weighted by molar-refractivity contribution is -0.123. The molecule has 8 nitrogen and oxygen atoms in total. The summed E-state index contributed by atoms with van der Waals surface area (Å²) in [6.45, 7) is 4.40. The van der Waals surface area contributed by atoms with Gasteiger partial charge in [0.05, 0.1) is 10.6 Å². The predicted molar refractivity (Wildman–Crippen MR) is 126 cm³/mol. The molecular formula is C24H29N3O5S. The van der Waals surface area contributed by atoms with Crippen LogP contribution in [0.25, 0.3) is 0 Å². The minimum atomic E-state index is -3.76. The highest BCUT2D eigenvalue weighted by atomic mass is 32.2. The highest BCUT2D eigenvalue weighted by molar-refractivity contribution is 7.89. The van der Waals surface area contributed by atoms with Gasteiger partial charge in [-0.25, -0.2) is 8.42 Å². The van der Waals surface area contributed by atoms with Crippen LogP contribution in [0.15, 0.2) is 47.4 Å². The summed E-state index contributed by atoms with van der Waals surface area (Å²) in [6.07, 6.45) is 1.66. The van der Waals surface area contributed by atoms with Gasteiger partial charge in [0.25, 0.3) is 5.91 Å². The fraction of sp³-hybridized carbons (Fsp3) is 0.417. The minimum absolute atomic E-state index is 0.0768. The van der Waals surface area contributed by atoms with Gasteiger partial charge in [-0.2, -0.15) is 4.31 Å². The fourth-order valence-electron chi connectivity index (χ4n) is 4.25. The maximum atomic E-state index is 13.2. The van der Waals surface area contributed by atoms with Crippen LogP contribution in [-0.4, -0.2) is 43.7 Å². The van der Waals surface area contributed by atoms with Crippen LogP contribution in [0, 0.1) is 5.92 Å². The Morgan fingerprint density at radius 1 is 1.15 bits per heavy atom. The molecular weight excluding hydrogens is 442 g/mol. The Balaban J connectivity index is 1.42. The average Bonchev–Trinajstić information content (AvgIpc) is 2.83. The molecule has 0 spiro atoms. The standard InChI is InChI=1S/C24H29N3O5S/c1-3-16-7-5-6-8-19(16)25-23(28)17-11-13-27(14-12-17)33(30,31)18-9-10-22-20(15-18)26-24(29)21(4-2)32-22/h5-10,15,17,21H,3-4,11-14H2,1-2H3,(H,25,28)(H,26,29)/t21-/m0/s1. The van der Waals surface area contributed by atoms with Gasteiger partial charge in [0.15, 0.2) is 6.10 Å². The molecule has 0 radical (unpaired) electrons. The van der Waals surface area contributed by atoms with Crippen molar-refractivity contribution in [1.82, 2.24) is 4.31 Å². The van der Waals surface area contributed by atoms with E-state index in [-0.39, 0.29) is 35.7 Å². The molecule has 1 fully saturated rings. The van der Waals surface area contributed by atoms with Gasteiger partial charge in [-0.3, -0.25) is 9.59 Å². The third-order valence-electron chi connectivity index (χ3n) is 6.26. The van der Waals surface area contributed by atoms with E-state index in [1.165, 1.54) is 16.4 Å². The molecule has 2 aromatic rings. The van der Waals surface area contributed by atoms with E-state index in [9.17, 15) is 18.0 Å². The van der Waals surface area contributed by atoms with Crippen LogP contribution in [-0.2, 0) is 26.0 Å². The number of hydrogen-bond acceptors (Lipinski definition) is 5. The number of aryl methyl sites for hydroxylation is 1. The number of ether oxygens (including phenoxy) is 1. The Bertz CT molecular complexity index is 1160. The summed E-state index contributed by atoms with van der Waals surface area (Å²) in [5, 5.41) is 5.73. The quantitative estimate of drug-likeness (QED) is 0.672. The zero-order valence-corrected chi connectivity index (χ0v) is 19.7. The summed E-state index contributed by atoms with van der Waals surface area (Å²) in [5.74, 6) is -0.144. The van der Waals surface area contributed by atoms with E-state index < -0.39 is 16.1 Å². The first-order chi connectivity index (χ1) is 15.8. The Kier molecular flexibility index (Phi) is 6.71. The van der Waals surface area contributed by atoms with Crippen LogP contribution in [0.3, 0.4) is 0 Å². The lowest BCUT2D eigenvalue weighted by Gasteiger charge is -2.31. The molecule has 0 unspecified atom stereocenters. The molecule has 1 saturated heterocycles. The van der Waals surface area contributed by atoms with E-state index in [0.717, 1.165) is 17.7 Å². The van der Waals surface area contributed by atoms with Gasteiger partial charge < -0.3 is 15.4 Å². The summed E-state index contributed by atoms with van der Waals surface area (Å²) >= 11 is 0. The van der Waals surface area contributed by atoms with Gasteiger partial charge in [-0.15, -0.1) is 0 Å². The predicted octanol–water partition coefficient (Wildman–Crippen LogP) is 3.40. The van der Waals surface area contributed by atoms with E-state index in [2.05, 4.69) is 10.6 Å². The zero-order chi connectivity index (χ0) is 23.6. The highest BCUT2D eigenvalue weighted by Gasteiger charge is 2.34. The molecule has 2 aliphatic rings. The van der Waals surface area contributed by atoms with Crippen LogP contribution in [0.4, 0.5) is 11.4 Å². The van der Waals surface area contributed by atoms with Crippen molar-refractivity contribution in [2.24, 2.45) is 5.92 Å². The third-order valence-corrected chi connectivity index (χ3v) is 8.15. The molecule has 2 amide bonds. The molecule has 176 valence electrons. The second kappa shape index (κ2) is 9.52. The summed E-state index contributed by atoms with van der Waals surface area (Å²) in [4.78, 5) is 25.0. The summed E-state index contributed by atoms with van der Waals surface area (Å²) in [7, 11) is -3.76. The molecule has 0 aromatic heterocycles. The number of piperidine rings is 1. The summed E-state index contributed by atoms with van der Waals surface area (Å²) in [5.41, 5.74) is 2.23. The van der Waals surface area contributed by atoms with Crippen molar-refractivity contribution < 1.29 is 22.7 Å². The van der Waals surface area contributed by atoms with E-state index in [1.54, 1.807) is 6.07 Å². The molecule has 2 N–H and O–H groups in total. The summed E-state index contributed by atoms with van der Waals surface area (Å²) < 4.78 is 33.4. The van der Waals surface area contributed by atoms with Crippen molar-refractivity contribution in [1.29, 1.82) is 0 Å². The molecule has 1 atom stereocenters. The number of rotatable bonds is 6. The lowest BCUT2D eigenvalue weighted by Crippen LogP contribution is -2.41. The maximum Gasteiger partial charge on any atom is 0.265 e. The Hall–Kier alpha value is -2.91. The molecule has 9 heteroatoms. The number of carbonyl (C=O) groups is 2. The second-order valence-electron chi connectivity index (χ2n) is 8.34. The van der Waals surface area contributed by atoms with E-state index in [1.807, 2.05) is 38.1 Å². The van der Waals surface area contributed by atoms with Gasteiger partial charge in [0.1, 0.15) is 5.75 Å². The number of anilines is 2. The third kappa shape index (κ3) is 4.74. The second-order valence-corrected chi connectivity index (χ2v) is 10.3. The molecule has 4 rings (SSSR count). The van der Waals surface area contributed by atoms with Crippen molar-refractivity contribution in [3.05, 3.63) is 48.0 Å². The smallest absolute Gasteiger partial charge is 0.265 e. The largest absolute Gasteiger partial charge is 0.478 e. The van der Waals surface area contributed by atoms with E-state index >= 15 is 0 Å². The highest BCUT2D eigenvalue weighted by Crippen LogP contribution is 2.34. The molecule has 2 heterocycles. The van der Waals surface area contributed by atoms with Crippen molar-refractivity contribution in [2.45, 2.75) is 50.5 Å². The van der Waals surface area contributed by atoms with Gasteiger partial charge in [-0.1, -0.05) is 32.0 Å². The first kappa shape index (κ1) is 23.3. The van der Waals surface area contributed by atoms with E-state index in [0.29, 0.717) is 30.7 Å². The maximum absolute atomic E-state index is 13.2. The van der Waals surface area contributed by atoms with Crippen molar-refractivity contribution in [3.8, 4) is 5.75 Å². The van der Waals surface area contributed by atoms with Gasteiger partial charge >= 0.3 is 0 Å². The van der Waals surface area contributed by atoms with Gasteiger partial charge in [-0.05, 0) is 55.5 Å². The molecule has 0 saturated carbocycles. The molecule has 2 aliphatic heterocycles. The van der Waals surface area contributed by atoms with Crippen LogP contribution >= 0.6 is 0 Å². The Morgan fingerprint density at radius 3 is 2.58 bits per heavy atom. The SMILES string of the molecule is CCc1ccccc1NC(=O)C1CCN(S(=O)(=O)c2ccc3c(c2)NC(=O)[C@H](CC)O3)CC1. The minimum Gasteiger partial charge on any atom is -0.478 e.